The van der Waals surface area contributed by atoms with Crippen LogP contribution in [0.15, 0.2) is 36.4 Å². The molecule has 0 aromatic carbocycles. The van der Waals surface area contributed by atoms with Crippen LogP contribution >= 0.6 is 11.6 Å². The predicted molar refractivity (Wildman–Crippen MR) is 154 cm³/mol. The second-order valence-electron chi connectivity index (χ2n) is 12.5. The molecule has 0 spiro atoms. The lowest BCUT2D eigenvalue weighted by Crippen LogP contribution is -2.37. The van der Waals surface area contributed by atoms with Crippen molar-refractivity contribution in [1.29, 1.82) is 0 Å². The molecule has 4 unspecified atom stereocenters. The van der Waals surface area contributed by atoms with Crippen molar-refractivity contribution in [2.24, 2.45) is 23.7 Å². The van der Waals surface area contributed by atoms with Crippen molar-refractivity contribution in [3.05, 3.63) is 58.4 Å². The summed E-state index contributed by atoms with van der Waals surface area (Å²) in [6.45, 7) is 3.79. The third-order valence-corrected chi connectivity index (χ3v) is 9.90. The van der Waals surface area contributed by atoms with Crippen LogP contribution in [0.1, 0.15) is 67.8 Å². The molecule has 218 valence electrons. The number of nitrogens with one attached hydrogen (secondary N) is 1. The summed E-state index contributed by atoms with van der Waals surface area (Å²) in [6.07, 6.45) is 15.3. The molecular weight excluding hydrogens is 543 g/mol. The van der Waals surface area contributed by atoms with Crippen molar-refractivity contribution in [3.63, 3.8) is 0 Å². The van der Waals surface area contributed by atoms with Crippen LogP contribution < -0.4 is 4.90 Å². The topological polar surface area (TPSA) is 87.2 Å². The van der Waals surface area contributed by atoms with Gasteiger partial charge in [0.1, 0.15) is 11.9 Å². The van der Waals surface area contributed by atoms with Gasteiger partial charge in [0, 0.05) is 43.5 Å². The van der Waals surface area contributed by atoms with Crippen LogP contribution in [0.5, 0.6) is 0 Å². The Morgan fingerprint density at radius 3 is 2.71 bits per heavy atom. The lowest BCUT2D eigenvalue weighted by Gasteiger charge is -2.32. The first-order valence-corrected chi connectivity index (χ1v) is 15.6. The van der Waals surface area contributed by atoms with E-state index in [-0.39, 0.29) is 12.3 Å². The summed E-state index contributed by atoms with van der Waals surface area (Å²) in [7, 11) is 0. The highest BCUT2D eigenvalue weighted by Crippen LogP contribution is 2.50. The molecule has 4 heterocycles. The van der Waals surface area contributed by atoms with Gasteiger partial charge in [0.15, 0.2) is 0 Å². The van der Waals surface area contributed by atoms with Crippen LogP contribution in [0.25, 0.3) is 0 Å². The Bertz CT molecular complexity index is 1320. The highest BCUT2D eigenvalue weighted by Gasteiger charge is 2.43. The number of aromatic amines is 1. The molecule has 1 amide bonds. The van der Waals surface area contributed by atoms with Crippen molar-refractivity contribution in [3.8, 4) is 0 Å². The standard InChI is InChI=1S/C31H38ClFN6O2/c32-23-16-34-31(35-17-23)38-9-5-19(6-10-38)26-13-21(26)8-12-41-24-4-3-22(27(33)15-24)14-29(40)39-11-7-25-28(18-39)36-37-30(25)20-1-2-20/h3-4,15-17,19-22,26-27H,1-2,5-14,18H2,(H,36,37). The number of hydrogen-bond donors (Lipinski definition) is 1. The van der Waals surface area contributed by atoms with Gasteiger partial charge in [0.2, 0.25) is 11.9 Å². The Hall–Kier alpha value is -2.94. The molecule has 4 atom stereocenters. The average molecular weight is 581 g/mol. The number of piperidine rings is 1. The van der Waals surface area contributed by atoms with Gasteiger partial charge in [-0.2, -0.15) is 5.10 Å². The third-order valence-electron chi connectivity index (χ3n) is 9.70. The number of carbonyl (C=O) groups excluding carboxylic acids is 1. The second kappa shape index (κ2) is 11.4. The van der Waals surface area contributed by atoms with E-state index in [1.54, 1.807) is 18.5 Å². The van der Waals surface area contributed by atoms with E-state index in [1.807, 2.05) is 17.1 Å². The second-order valence-corrected chi connectivity index (χ2v) is 12.9. The molecule has 5 aliphatic rings. The van der Waals surface area contributed by atoms with Gasteiger partial charge in [-0.15, -0.1) is 0 Å². The first-order chi connectivity index (χ1) is 20.0. The van der Waals surface area contributed by atoms with Crippen LogP contribution in [-0.2, 0) is 22.5 Å². The lowest BCUT2D eigenvalue weighted by atomic mass is 9.90. The number of alkyl halides is 1. The van der Waals surface area contributed by atoms with Gasteiger partial charge in [-0.3, -0.25) is 9.89 Å². The molecular formula is C31H38ClFN6O2. The lowest BCUT2D eigenvalue weighted by molar-refractivity contribution is -0.133. The van der Waals surface area contributed by atoms with Crippen molar-refractivity contribution in [2.45, 2.75) is 70.0 Å². The first kappa shape index (κ1) is 26.9. The minimum atomic E-state index is -1.21. The summed E-state index contributed by atoms with van der Waals surface area (Å²) in [4.78, 5) is 25.8. The zero-order valence-corrected chi connectivity index (χ0v) is 24.1. The Kier molecular flexibility index (Phi) is 7.48. The van der Waals surface area contributed by atoms with E-state index >= 15 is 4.39 Å². The minimum Gasteiger partial charge on any atom is -0.494 e. The number of amides is 1. The summed E-state index contributed by atoms with van der Waals surface area (Å²) >= 11 is 5.91. The smallest absolute Gasteiger partial charge is 0.225 e. The number of H-pyrrole nitrogens is 1. The molecule has 2 saturated carbocycles. The maximum Gasteiger partial charge on any atom is 0.225 e. The molecule has 10 heteroatoms. The maximum atomic E-state index is 15.0. The van der Waals surface area contributed by atoms with Gasteiger partial charge in [-0.05, 0) is 74.9 Å². The van der Waals surface area contributed by atoms with Crippen LogP contribution in [0, 0.1) is 23.7 Å². The first-order valence-electron chi connectivity index (χ1n) is 15.2. The van der Waals surface area contributed by atoms with Crippen molar-refractivity contribution >= 4 is 23.5 Å². The minimum absolute atomic E-state index is 0.000379. The molecule has 1 saturated heterocycles. The zero-order valence-electron chi connectivity index (χ0n) is 23.4. The van der Waals surface area contributed by atoms with Gasteiger partial charge in [0.25, 0.3) is 0 Å². The van der Waals surface area contributed by atoms with Crippen molar-refractivity contribution in [1.82, 2.24) is 25.1 Å². The SMILES string of the molecule is O=C(CC1C=CC(OCCC2CC2C2CCN(c3ncc(Cl)cn3)CC2)=CC1F)N1CCc2c(C3CC3)n[nH]c2C1. The Morgan fingerprint density at radius 1 is 1.15 bits per heavy atom. The summed E-state index contributed by atoms with van der Waals surface area (Å²) in [5.41, 5.74) is 3.55. The Balaban J connectivity index is 0.815. The van der Waals surface area contributed by atoms with E-state index in [0.717, 1.165) is 62.3 Å². The number of carbonyl (C=O) groups is 1. The van der Waals surface area contributed by atoms with Crippen molar-refractivity contribution in [2.75, 3.05) is 31.1 Å². The predicted octanol–water partition coefficient (Wildman–Crippen LogP) is 5.37. The van der Waals surface area contributed by atoms with E-state index in [4.69, 9.17) is 16.3 Å². The summed E-state index contributed by atoms with van der Waals surface area (Å²) in [6, 6.07) is 0. The monoisotopic (exact) mass is 580 g/mol. The molecule has 2 aromatic heterocycles. The van der Waals surface area contributed by atoms with Crippen LogP contribution in [0.2, 0.25) is 5.02 Å². The number of nitrogens with zero attached hydrogens (tertiary/aromatic N) is 5. The molecule has 8 nitrogen and oxygen atoms in total. The number of anilines is 1. The van der Waals surface area contributed by atoms with Crippen molar-refractivity contribution < 1.29 is 13.9 Å². The Morgan fingerprint density at radius 2 is 1.95 bits per heavy atom. The molecule has 2 aliphatic heterocycles. The quantitative estimate of drug-likeness (QED) is 0.429. The fourth-order valence-electron chi connectivity index (χ4n) is 7.02. The maximum absolute atomic E-state index is 15.0. The van der Waals surface area contributed by atoms with E-state index in [9.17, 15) is 4.79 Å². The molecule has 0 bridgehead atoms. The van der Waals surface area contributed by atoms with Gasteiger partial charge in [-0.25, -0.2) is 14.4 Å². The molecule has 3 fully saturated rings. The largest absolute Gasteiger partial charge is 0.494 e. The molecule has 2 aromatic rings. The van der Waals surface area contributed by atoms with E-state index in [2.05, 4.69) is 25.1 Å². The molecule has 41 heavy (non-hydrogen) atoms. The average Bonchev–Trinajstić information content (AvgIpc) is 3.93. The fourth-order valence-corrected chi connectivity index (χ4v) is 7.12. The summed E-state index contributed by atoms with van der Waals surface area (Å²) in [5, 5.41) is 8.21. The number of ether oxygens (including phenoxy) is 1. The Labute approximate surface area is 245 Å². The van der Waals surface area contributed by atoms with E-state index in [0.29, 0.717) is 42.3 Å². The van der Waals surface area contributed by atoms with Gasteiger partial charge >= 0.3 is 0 Å². The highest BCUT2D eigenvalue weighted by atomic mass is 35.5. The number of aromatic nitrogens is 4. The molecule has 3 aliphatic carbocycles. The van der Waals surface area contributed by atoms with E-state index < -0.39 is 12.1 Å². The number of fused-ring (bicyclic) bond motifs is 1. The number of hydrogen-bond acceptors (Lipinski definition) is 6. The zero-order chi connectivity index (χ0) is 27.9. The summed E-state index contributed by atoms with van der Waals surface area (Å²) in [5.74, 6) is 3.70. The van der Waals surface area contributed by atoms with Gasteiger partial charge < -0.3 is 14.5 Å². The number of rotatable bonds is 9. The highest BCUT2D eigenvalue weighted by molar-refractivity contribution is 6.30. The molecule has 1 N–H and O–H groups in total. The molecule has 7 rings (SSSR count). The van der Waals surface area contributed by atoms with Crippen LogP contribution in [0.3, 0.4) is 0 Å². The number of allylic oxidation sites excluding steroid dienone is 3. The normalized spacial score (nSPS) is 27.9. The van der Waals surface area contributed by atoms with Gasteiger partial charge in [-0.1, -0.05) is 17.7 Å². The fraction of sp³-hybridized carbons (Fsp3) is 0.613. The summed E-state index contributed by atoms with van der Waals surface area (Å²) < 4.78 is 21.0. The van der Waals surface area contributed by atoms with E-state index in [1.165, 1.54) is 30.5 Å². The third kappa shape index (κ3) is 6.01. The number of halogens is 2. The van der Waals surface area contributed by atoms with Gasteiger partial charge in [0.05, 0.1) is 42.0 Å². The van der Waals surface area contributed by atoms with Crippen LogP contribution in [-0.4, -0.2) is 63.4 Å². The van der Waals surface area contributed by atoms with Crippen LogP contribution in [0.4, 0.5) is 10.3 Å². The molecule has 0 radical (unpaired) electrons.